The van der Waals surface area contributed by atoms with Crippen LogP contribution in [0.5, 0.6) is 0 Å². The first kappa shape index (κ1) is 13.8. The third-order valence-electron chi connectivity index (χ3n) is 3.97. The first-order valence-electron chi connectivity index (χ1n) is 6.15. The van der Waals surface area contributed by atoms with Crippen LogP contribution in [0.4, 0.5) is 0 Å². The number of nitrogens with one attached hydrogen (secondary N) is 1. The molecule has 0 bridgehead atoms. The zero-order valence-electron chi connectivity index (χ0n) is 10.2. The summed E-state index contributed by atoms with van der Waals surface area (Å²) < 4.78 is 0. The molecule has 3 nitrogen and oxygen atoms in total. The topological polar surface area (TPSA) is 32.3 Å². The molecule has 4 heteroatoms. The van der Waals surface area contributed by atoms with Gasteiger partial charge in [0.05, 0.1) is 0 Å². The van der Waals surface area contributed by atoms with E-state index in [1.165, 1.54) is 6.42 Å². The van der Waals surface area contributed by atoms with Gasteiger partial charge in [0.15, 0.2) is 0 Å². The Balaban J connectivity index is 0.00000128. The fourth-order valence-corrected chi connectivity index (χ4v) is 2.60. The Bertz CT molecular complexity index is 231. The van der Waals surface area contributed by atoms with Crippen LogP contribution < -0.4 is 5.32 Å². The zero-order valence-corrected chi connectivity index (χ0v) is 11.1. The van der Waals surface area contributed by atoms with Crippen molar-refractivity contribution in [3.05, 3.63) is 0 Å². The van der Waals surface area contributed by atoms with Crippen molar-refractivity contribution in [1.82, 2.24) is 10.2 Å². The van der Waals surface area contributed by atoms with Crippen LogP contribution in [0, 0.1) is 17.8 Å². The van der Waals surface area contributed by atoms with Gasteiger partial charge in [0, 0.05) is 19.5 Å². The van der Waals surface area contributed by atoms with Crippen molar-refractivity contribution in [2.75, 3.05) is 26.2 Å². The molecule has 94 valence electrons. The molecule has 2 aliphatic heterocycles. The lowest BCUT2D eigenvalue weighted by Gasteiger charge is -2.18. The molecule has 0 radical (unpaired) electrons. The van der Waals surface area contributed by atoms with E-state index in [4.69, 9.17) is 0 Å². The van der Waals surface area contributed by atoms with E-state index < -0.39 is 0 Å². The van der Waals surface area contributed by atoms with E-state index in [0.29, 0.717) is 23.7 Å². The number of rotatable bonds is 2. The first-order valence-corrected chi connectivity index (χ1v) is 6.15. The molecule has 2 aliphatic rings. The molecule has 2 heterocycles. The third kappa shape index (κ3) is 3.11. The molecule has 1 amide bonds. The number of hydrogen-bond donors (Lipinski definition) is 1. The van der Waals surface area contributed by atoms with Gasteiger partial charge in [-0.15, -0.1) is 12.4 Å². The minimum absolute atomic E-state index is 0. The van der Waals surface area contributed by atoms with Gasteiger partial charge in [-0.3, -0.25) is 4.79 Å². The van der Waals surface area contributed by atoms with Crippen molar-refractivity contribution in [2.24, 2.45) is 17.8 Å². The minimum atomic E-state index is 0. The summed E-state index contributed by atoms with van der Waals surface area (Å²) in [5, 5.41) is 3.32. The SMILES string of the molecule is CC1CN(C(=O)CC2CCNC2)CC1C.Cl. The maximum atomic E-state index is 12.0. The van der Waals surface area contributed by atoms with Crippen LogP contribution >= 0.6 is 12.4 Å². The lowest BCUT2D eigenvalue weighted by atomic mass is 10.0. The van der Waals surface area contributed by atoms with Gasteiger partial charge in [-0.1, -0.05) is 13.8 Å². The normalized spacial score (nSPS) is 33.9. The van der Waals surface area contributed by atoms with Crippen LogP contribution in [0.15, 0.2) is 0 Å². The van der Waals surface area contributed by atoms with E-state index in [1.807, 2.05) is 0 Å². The quantitative estimate of drug-likeness (QED) is 0.802. The van der Waals surface area contributed by atoms with Crippen molar-refractivity contribution in [3.8, 4) is 0 Å². The molecule has 0 aromatic carbocycles. The van der Waals surface area contributed by atoms with Crippen molar-refractivity contribution in [3.63, 3.8) is 0 Å². The second kappa shape index (κ2) is 5.87. The van der Waals surface area contributed by atoms with Crippen molar-refractivity contribution >= 4 is 18.3 Å². The molecule has 0 aromatic heterocycles. The standard InChI is InChI=1S/C12H22N2O.ClH/c1-9-7-14(8-10(9)2)12(15)5-11-3-4-13-6-11;/h9-11,13H,3-8H2,1-2H3;1H. The summed E-state index contributed by atoms with van der Waals surface area (Å²) in [6, 6.07) is 0. The van der Waals surface area contributed by atoms with Gasteiger partial charge in [0.1, 0.15) is 0 Å². The third-order valence-corrected chi connectivity index (χ3v) is 3.97. The zero-order chi connectivity index (χ0) is 10.8. The summed E-state index contributed by atoms with van der Waals surface area (Å²) in [4.78, 5) is 14.1. The maximum absolute atomic E-state index is 12.0. The average Bonchev–Trinajstić information content (AvgIpc) is 2.78. The number of carbonyl (C=O) groups is 1. The largest absolute Gasteiger partial charge is 0.342 e. The number of likely N-dealkylation sites (tertiary alicyclic amines) is 1. The fourth-order valence-electron chi connectivity index (χ4n) is 2.60. The molecule has 2 rings (SSSR count). The van der Waals surface area contributed by atoms with Gasteiger partial charge in [0.2, 0.25) is 5.91 Å². The van der Waals surface area contributed by atoms with Crippen LogP contribution in [0.1, 0.15) is 26.7 Å². The molecule has 2 fully saturated rings. The highest BCUT2D eigenvalue weighted by Crippen LogP contribution is 2.24. The van der Waals surface area contributed by atoms with E-state index in [2.05, 4.69) is 24.1 Å². The van der Waals surface area contributed by atoms with E-state index in [9.17, 15) is 4.79 Å². The molecular weight excluding hydrogens is 224 g/mol. The highest BCUT2D eigenvalue weighted by atomic mass is 35.5. The second-order valence-electron chi connectivity index (χ2n) is 5.32. The number of amides is 1. The lowest BCUT2D eigenvalue weighted by Crippen LogP contribution is -2.30. The Labute approximate surface area is 104 Å². The van der Waals surface area contributed by atoms with Crippen LogP contribution in [-0.2, 0) is 4.79 Å². The number of halogens is 1. The summed E-state index contributed by atoms with van der Waals surface area (Å²) in [5.74, 6) is 2.31. The van der Waals surface area contributed by atoms with Crippen LogP contribution in [0.25, 0.3) is 0 Å². The second-order valence-corrected chi connectivity index (χ2v) is 5.32. The maximum Gasteiger partial charge on any atom is 0.222 e. The lowest BCUT2D eigenvalue weighted by molar-refractivity contribution is -0.131. The molecule has 1 N–H and O–H groups in total. The van der Waals surface area contributed by atoms with E-state index in [-0.39, 0.29) is 12.4 Å². The van der Waals surface area contributed by atoms with Gasteiger partial charge in [-0.05, 0) is 37.3 Å². The Morgan fingerprint density at radius 2 is 1.94 bits per heavy atom. The molecule has 0 aromatic rings. The predicted molar refractivity (Wildman–Crippen MR) is 67.7 cm³/mol. The van der Waals surface area contributed by atoms with Crippen molar-refractivity contribution in [1.29, 1.82) is 0 Å². The average molecular weight is 247 g/mol. The highest BCUT2D eigenvalue weighted by molar-refractivity contribution is 5.85. The summed E-state index contributed by atoms with van der Waals surface area (Å²) in [5.41, 5.74) is 0. The number of hydrogen-bond acceptors (Lipinski definition) is 2. The molecule has 0 spiro atoms. The van der Waals surface area contributed by atoms with Gasteiger partial charge < -0.3 is 10.2 Å². The molecular formula is C12H23ClN2O. The highest BCUT2D eigenvalue weighted by Gasteiger charge is 2.30. The number of nitrogens with zero attached hydrogens (tertiary/aromatic N) is 1. The Kier molecular flexibility index (Phi) is 5.06. The summed E-state index contributed by atoms with van der Waals surface area (Å²) in [7, 11) is 0. The fraction of sp³-hybridized carbons (Fsp3) is 0.917. The van der Waals surface area contributed by atoms with Crippen LogP contribution in [0.2, 0.25) is 0 Å². The summed E-state index contributed by atoms with van der Waals surface area (Å²) in [6.07, 6.45) is 1.93. The molecule has 3 unspecified atom stereocenters. The van der Waals surface area contributed by atoms with E-state index >= 15 is 0 Å². The summed E-state index contributed by atoms with van der Waals surface area (Å²) >= 11 is 0. The molecule has 0 saturated carbocycles. The molecule has 3 atom stereocenters. The van der Waals surface area contributed by atoms with Crippen LogP contribution in [-0.4, -0.2) is 37.0 Å². The summed E-state index contributed by atoms with van der Waals surface area (Å²) in [6.45, 7) is 8.56. The minimum Gasteiger partial charge on any atom is -0.342 e. The van der Waals surface area contributed by atoms with E-state index in [1.54, 1.807) is 0 Å². The van der Waals surface area contributed by atoms with Gasteiger partial charge >= 0.3 is 0 Å². The van der Waals surface area contributed by atoms with Crippen molar-refractivity contribution in [2.45, 2.75) is 26.7 Å². The smallest absolute Gasteiger partial charge is 0.222 e. The number of carbonyl (C=O) groups excluding carboxylic acids is 1. The van der Waals surface area contributed by atoms with Gasteiger partial charge in [0.25, 0.3) is 0 Å². The molecule has 0 aliphatic carbocycles. The first-order chi connectivity index (χ1) is 7.16. The Morgan fingerprint density at radius 3 is 2.44 bits per heavy atom. The van der Waals surface area contributed by atoms with Gasteiger partial charge in [-0.2, -0.15) is 0 Å². The van der Waals surface area contributed by atoms with E-state index in [0.717, 1.165) is 32.6 Å². The predicted octanol–water partition coefficient (Wildman–Crippen LogP) is 1.52. The Morgan fingerprint density at radius 1 is 1.31 bits per heavy atom. The molecule has 16 heavy (non-hydrogen) atoms. The molecule has 2 saturated heterocycles. The Hall–Kier alpha value is -0.280. The van der Waals surface area contributed by atoms with Gasteiger partial charge in [-0.25, -0.2) is 0 Å². The van der Waals surface area contributed by atoms with Crippen molar-refractivity contribution < 1.29 is 4.79 Å². The van der Waals surface area contributed by atoms with Crippen LogP contribution in [0.3, 0.4) is 0 Å². The monoisotopic (exact) mass is 246 g/mol.